The summed E-state index contributed by atoms with van der Waals surface area (Å²) in [4.78, 5) is 12.6. The number of rotatable bonds is 6. The minimum absolute atomic E-state index is 0.0960. The van der Waals surface area contributed by atoms with Crippen molar-refractivity contribution >= 4 is 21.6 Å². The molecule has 1 saturated heterocycles. The van der Waals surface area contributed by atoms with Crippen molar-refractivity contribution in [3.05, 3.63) is 53.6 Å². The molecule has 1 fully saturated rings. The molecule has 30 heavy (non-hydrogen) atoms. The van der Waals surface area contributed by atoms with E-state index in [1.807, 2.05) is 6.92 Å². The molecular formula is C21H24F2N2O4S. The van der Waals surface area contributed by atoms with Crippen molar-refractivity contribution in [2.75, 3.05) is 25.0 Å². The zero-order valence-corrected chi connectivity index (χ0v) is 17.6. The first-order chi connectivity index (χ1) is 14.2. The fourth-order valence-corrected chi connectivity index (χ4v) is 4.99. The van der Waals surface area contributed by atoms with Crippen molar-refractivity contribution < 1.29 is 26.7 Å². The van der Waals surface area contributed by atoms with Crippen LogP contribution in [0.25, 0.3) is 0 Å². The number of hydrogen-bond donors (Lipinski definition) is 1. The average Bonchev–Trinajstić information content (AvgIpc) is 2.71. The third-order valence-electron chi connectivity index (χ3n) is 5.10. The highest BCUT2D eigenvalue weighted by molar-refractivity contribution is 7.89. The van der Waals surface area contributed by atoms with Gasteiger partial charge in [0.05, 0.1) is 17.2 Å². The number of benzene rings is 2. The summed E-state index contributed by atoms with van der Waals surface area (Å²) < 4.78 is 59.4. The third kappa shape index (κ3) is 4.79. The molecule has 9 heteroatoms. The van der Waals surface area contributed by atoms with E-state index >= 15 is 0 Å². The number of carbonyl (C=O) groups excluding carboxylic acids is 1. The number of hydrogen-bond acceptors (Lipinski definition) is 4. The molecule has 162 valence electrons. The molecule has 1 aliphatic heterocycles. The standard InChI is InChI=1S/C21H24F2N2O4S/c1-3-29-20-7-5-17(12-14(20)2)30(27,28)25-10-8-15(9-11-25)21(26)24-19-6-4-16(22)13-18(19)23/h4-7,12-13,15H,3,8-11H2,1-2H3,(H,24,26). The maximum Gasteiger partial charge on any atom is 0.243 e. The smallest absolute Gasteiger partial charge is 0.243 e. The predicted molar refractivity (Wildman–Crippen MR) is 109 cm³/mol. The number of sulfonamides is 1. The van der Waals surface area contributed by atoms with Crippen LogP contribution in [0.1, 0.15) is 25.3 Å². The molecule has 1 N–H and O–H groups in total. The first kappa shape index (κ1) is 22.2. The molecule has 6 nitrogen and oxygen atoms in total. The van der Waals surface area contributed by atoms with Crippen molar-refractivity contribution in [1.82, 2.24) is 4.31 Å². The highest BCUT2D eigenvalue weighted by Gasteiger charge is 2.32. The molecule has 1 heterocycles. The molecule has 0 radical (unpaired) electrons. The molecule has 1 amide bonds. The third-order valence-corrected chi connectivity index (χ3v) is 6.99. The van der Waals surface area contributed by atoms with Crippen molar-refractivity contribution in [1.29, 1.82) is 0 Å². The Morgan fingerprint density at radius 2 is 1.87 bits per heavy atom. The van der Waals surface area contributed by atoms with Crippen LogP contribution in [0, 0.1) is 24.5 Å². The van der Waals surface area contributed by atoms with E-state index in [-0.39, 0.29) is 23.7 Å². The van der Waals surface area contributed by atoms with Crippen LogP contribution >= 0.6 is 0 Å². The fraction of sp³-hybridized carbons (Fsp3) is 0.381. The molecule has 3 rings (SSSR count). The van der Waals surface area contributed by atoms with Crippen molar-refractivity contribution in [3.63, 3.8) is 0 Å². The summed E-state index contributed by atoms with van der Waals surface area (Å²) in [7, 11) is -3.69. The van der Waals surface area contributed by atoms with Gasteiger partial charge in [-0.2, -0.15) is 4.31 Å². The molecule has 0 bridgehead atoms. The largest absolute Gasteiger partial charge is 0.494 e. The van der Waals surface area contributed by atoms with Gasteiger partial charge in [-0.3, -0.25) is 4.79 Å². The Bertz CT molecular complexity index is 1040. The van der Waals surface area contributed by atoms with Crippen LogP contribution in [0.3, 0.4) is 0 Å². The normalized spacial score (nSPS) is 15.7. The van der Waals surface area contributed by atoms with E-state index < -0.39 is 33.5 Å². The van der Waals surface area contributed by atoms with Gasteiger partial charge >= 0.3 is 0 Å². The van der Waals surface area contributed by atoms with Gasteiger partial charge in [0.25, 0.3) is 0 Å². The van der Waals surface area contributed by atoms with Gasteiger partial charge < -0.3 is 10.1 Å². The quantitative estimate of drug-likeness (QED) is 0.746. The first-order valence-corrected chi connectivity index (χ1v) is 11.2. The molecule has 0 atom stereocenters. The van der Waals surface area contributed by atoms with Crippen LogP contribution < -0.4 is 10.1 Å². The van der Waals surface area contributed by atoms with Crippen molar-refractivity contribution in [2.45, 2.75) is 31.6 Å². The van der Waals surface area contributed by atoms with Gasteiger partial charge in [-0.1, -0.05) is 0 Å². The summed E-state index contributed by atoms with van der Waals surface area (Å²) in [5, 5.41) is 2.46. The van der Waals surface area contributed by atoms with Crippen molar-refractivity contribution in [2.24, 2.45) is 5.92 Å². The molecule has 1 aliphatic rings. The summed E-state index contributed by atoms with van der Waals surface area (Å²) >= 11 is 0. The SMILES string of the molecule is CCOc1ccc(S(=O)(=O)N2CCC(C(=O)Nc3ccc(F)cc3F)CC2)cc1C. The van der Waals surface area contributed by atoms with Crippen LogP contribution in [-0.2, 0) is 14.8 Å². The Labute approximate surface area is 174 Å². The van der Waals surface area contributed by atoms with E-state index in [2.05, 4.69) is 5.32 Å². The minimum atomic E-state index is -3.69. The maximum absolute atomic E-state index is 13.7. The zero-order valence-electron chi connectivity index (χ0n) is 16.8. The predicted octanol–water partition coefficient (Wildman–Crippen LogP) is 3.71. The second-order valence-electron chi connectivity index (χ2n) is 7.15. The molecule has 0 unspecified atom stereocenters. The average molecular weight is 438 g/mol. The Morgan fingerprint density at radius 3 is 2.47 bits per heavy atom. The van der Waals surface area contributed by atoms with E-state index in [0.29, 0.717) is 31.3 Å². The molecule has 0 aliphatic carbocycles. The van der Waals surface area contributed by atoms with Gasteiger partial charge in [-0.25, -0.2) is 17.2 Å². The number of piperidine rings is 1. The lowest BCUT2D eigenvalue weighted by molar-refractivity contribution is -0.120. The Kier molecular flexibility index (Phi) is 6.72. The van der Waals surface area contributed by atoms with Gasteiger partial charge in [-0.05, 0) is 62.6 Å². The van der Waals surface area contributed by atoms with E-state index in [9.17, 15) is 22.0 Å². The second kappa shape index (κ2) is 9.09. The lowest BCUT2D eigenvalue weighted by Gasteiger charge is -2.30. The summed E-state index contributed by atoms with van der Waals surface area (Å²) in [6.07, 6.45) is 0.619. The zero-order chi connectivity index (χ0) is 21.9. The Balaban J connectivity index is 1.64. The number of amides is 1. The van der Waals surface area contributed by atoms with Gasteiger partial charge in [0.1, 0.15) is 17.4 Å². The van der Waals surface area contributed by atoms with Gasteiger partial charge in [0.2, 0.25) is 15.9 Å². The molecule has 0 spiro atoms. The summed E-state index contributed by atoms with van der Waals surface area (Å²) in [5.41, 5.74) is 0.634. The summed E-state index contributed by atoms with van der Waals surface area (Å²) in [5.74, 6) is -1.81. The number of nitrogens with one attached hydrogen (secondary N) is 1. The molecule has 0 saturated carbocycles. The van der Waals surface area contributed by atoms with Crippen LogP contribution in [0.15, 0.2) is 41.3 Å². The monoisotopic (exact) mass is 438 g/mol. The first-order valence-electron chi connectivity index (χ1n) is 9.72. The van der Waals surface area contributed by atoms with Crippen LogP contribution in [0.5, 0.6) is 5.75 Å². The van der Waals surface area contributed by atoms with Crippen LogP contribution in [0.4, 0.5) is 14.5 Å². The maximum atomic E-state index is 13.7. The molecular weight excluding hydrogens is 414 g/mol. The Hall–Kier alpha value is -2.52. The topological polar surface area (TPSA) is 75.7 Å². The minimum Gasteiger partial charge on any atom is -0.494 e. The van der Waals surface area contributed by atoms with Crippen LogP contribution in [-0.4, -0.2) is 38.3 Å². The highest BCUT2D eigenvalue weighted by Crippen LogP contribution is 2.28. The lowest BCUT2D eigenvalue weighted by Crippen LogP contribution is -2.41. The van der Waals surface area contributed by atoms with Gasteiger partial charge in [0.15, 0.2) is 0 Å². The molecule has 2 aromatic rings. The number of ether oxygens (including phenoxy) is 1. The highest BCUT2D eigenvalue weighted by atomic mass is 32.2. The van der Waals surface area contributed by atoms with E-state index in [0.717, 1.165) is 17.7 Å². The van der Waals surface area contributed by atoms with Gasteiger partial charge in [0, 0.05) is 25.1 Å². The number of carbonyl (C=O) groups is 1. The molecule has 2 aromatic carbocycles. The second-order valence-corrected chi connectivity index (χ2v) is 9.09. The summed E-state index contributed by atoms with van der Waals surface area (Å²) in [6.45, 7) is 4.49. The van der Waals surface area contributed by atoms with Crippen LogP contribution in [0.2, 0.25) is 0 Å². The Morgan fingerprint density at radius 1 is 1.17 bits per heavy atom. The number of halogens is 2. The summed E-state index contributed by atoms with van der Waals surface area (Å²) in [6, 6.07) is 7.66. The number of aryl methyl sites for hydroxylation is 1. The van der Waals surface area contributed by atoms with E-state index in [1.165, 1.54) is 10.4 Å². The van der Waals surface area contributed by atoms with Gasteiger partial charge in [-0.15, -0.1) is 0 Å². The van der Waals surface area contributed by atoms with Crippen molar-refractivity contribution in [3.8, 4) is 5.75 Å². The molecule has 0 aromatic heterocycles. The lowest BCUT2D eigenvalue weighted by atomic mass is 9.97. The van der Waals surface area contributed by atoms with E-state index in [1.54, 1.807) is 19.1 Å². The fourth-order valence-electron chi connectivity index (χ4n) is 3.43. The van der Waals surface area contributed by atoms with E-state index in [4.69, 9.17) is 4.74 Å². The number of anilines is 1. The number of nitrogens with zero attached hydrogens (tertiary/aromatic N) is 1.